The van der Waals surface area contributed by atoms with Gasteiger partial charge in [-0.25, -0.2) is 4.79 Å². The second-order valence-corrected chi connectivity index (χ2v) is 6.64. The van der Waals surface area contributed by atoms with Gasteiger partial charge in [-0.2, -0.15) is 0 Å². The van der Waals surface area contributed by atoms with Gasteiger partial charge in [-0.05, 0) is 60.9 Å². The molecule has 136 valence electrons. The third kappa shape index (κ3) is 4.35. The number of anilines is 1. The average molecular weight is 374 g/mol. The summed E-state index contributed by atoms with van der Waals surface area (Å²) in [7, 11) is 1.35. The fourth-order valence-corrected chi connectivity index (χ4v) is 3.12. The molecule has 1 aliphatic heterocycles. The summed E-state index contributed by atoms with van der Waals surface area (Å²) in [6, 6.07) is 14.1. The highest BCUT2D eigenvalue weighted by molar-refractivity contribution is 6.30. The molecule has 6 heteroatoms. The maximum atomic E-state index is 12.2. The van der Waals surface area contributed by atoms with Crippen LogP contribution in [0.15, 0.2) is 48.5 Å². The van der Waals surface area contributed by atoms with Crippen LogP contribution < -0.4 is 9.64 Å². The van der Waals surface area contributed by atoms with Crippen LogP contribution >= 0.6 is 11.6 Å². The highest BCUT2D eigenvalue weighted by Gasteiger charge is 2.30. The molecule has 2 aromatic rings. The summed E-state index contributed by atoms with van der Waals surface area (Å²) in [5, 5.41) is 0.656. The molecule has 0 bridgehead atoms. The van der Waals surface area contributed by atoms with Crippen molar-refractivity contribution in [3.05, 3.63) is 59.1 Å². The first kappa shape index (κ1) is 18.3. The molecule has 0 radical (unpaired) electrons. The minimum absolute atomic E-state index is 0.125. The number of carbonyl (C=O) groups is 2. The number of rotatable bonds is 6. The van der Waals surface area contributed by atoms with E-state index in [4.69, 9.17) is 16.3 Å². The summed E-state index contributed by atoms with van der Waals surface area (Å²) in [5.41, 5.74) is 1.36. The predicted molar refractivity (Wildman–Crippen MR) is 99.8 cm³/mol. The number of hydrogen-bond donors (Lipinski definition) is 0. The first-order valence-electron chi connectivity index (χ1n) is 8.44. The number of carbonyl (C=O) groups excluding carboxylic acids is 2. The number of methoxy groups -OCH3 is 1. The van der Waals surface area contributed by atoms with Crippen LogP contribution in [0.25, 0.3) is 0 Å². The van der Waals surface area contributed by atoms with Crippen molar-refractivity contribution in [3.8, 4) is 5.75 Å². The molecule has 1 heterocycles. The normalized spacial score (nSPS) is 16.6. The van der Waals surface area contributed by atoms with Crippen LogP contribution in [0, 0.1) is 5.92 Å². The molecule has 0 aliphatic carbocycles. The molecule has 1 saturated heterocycles. The Bertz CT molecular complexity index is 773. The van der Waals surface area contributed by atoms with Gasteiger partial charge in [0.05, 0.1) is 19.3 Å². The minimum atomic E-state index is -0.372. The van der Waals surface area contributed by atoms with Crippen molar-refractivity contribution in [1.29, 1.82) is 0 Å². The quantitative estimate of drug-likeness (QED) is 0.719. The van der Waals surface area contributed by atoms with E-state index < -0.39 is 0 Å². The van der Waals surface area contributed by atoms with Gasteiger partial charge in [0.1, 0.15) is 5.75 Å². The molecule has 1 unspecified atom stereocenters. The minimum Gasteiger partial charge on any atom is -0.494 e. The number of amides is 1. The zero-order valence-corrected chi connectivity index (χ0v) is 15.2. The number of nitrogens with zero attached hydrogens (tertiary/aromatic N) is 1. The smallest absolute Gasteiger partial charge is 0.337 e. The second kappa shape index (κ2) is 8.23. The van der Waals surface area contributed by atoms with Crippen molar-refractivity contribution in [2.45, 2.75) is 12.8 Å². The number of hydrogen-bond acceptors (Lipinski definition) is 4. The molecule has 1 aliphatic rings. The standard InChI is InChI=1S/C20H20ClNO4/c1-25-20(24)15-2-8-18(9-3-15)26-11-10-14-12-19(23)22(13-14)17-6-4-16(21)5-7-17/h2-9,14H,10-13H2,1H3. The molecule has 0 saturated carbocycles. The van der Waals surface area contributed by atoms with Crippen LogP contribution in [-0.4, -0.2) is 32.1 Å². The van der Waals surface area contributed by atoms with Gasteiger partial charge >= 0.3 is 5.97 Å². The van der Waals surface area contributed by atoms with E-state index in [0.717, 1.165) is 12.1 Å². The first-order chi connectivity index (χ1) is 12.6. The summed E-state index contributed by atoms with van der Waals surface area (Å²) >= 11 is 5.90. The molecule has 5 nitrogen and oxygen atoms in total. The highest BCUT2D eigenvalue weighted by atomic mass is 35.5. The molecule has 1 atom stereocenters. The zero-order chi connectivity index (χ0) is 18.5. The fourth-order valence-electron chi connectivity index (χ4n) is 2.99. The van der Waals surface area contributed by atoms with Crippen molar-refractivity contribution in [2.75, 3.05) is 25.2 Å². The lowest BCUT2D eigenvalue weighted by Gasteiger charge is -2.17. The van der Waals surface area contributed by atoms with Gasteiger partial charge in [-0.15, -0.1) is 0 Å². The largest absolute Gasteiger partial charge is 0.494 e. The number of halogens is 1. The van der Waals surface area contributed by atoms with E-state index >= 15 is 0 Å². The summed E-state index contributed by atoms with van der Waals surface area (Å²) in [6.45, 7) is 1.20. The first-order valence-corrected chi connectivity index (χ1v) is 8.81. The third-order valence-corrected chi connectivity index (χ3v) is 4.67. The molecule has 2 aromatic carbocycles. The fraction of sp³-hybridized carbons (Fsp3) is 0.300. The van der Waals surface area contributed by atoms with Crippen LogP contribution in [0.2, 0.25) is 5.02 Å². The van der Waals surface area contributed by atoms with Crippen molar-refractivity contribution in [3.63, 3.8) is 0 Å². The Hall–Kier alpha value is -2.53. The van der Waals surface area contributed by atoms with E-state index in [0.29, 0.717) is 35.9 Å². The van der Waals surface area contributed by atoms with Gasteiger partial charge in [0.2, 0.25) is 5.91 Å². The van der Waals surface area contributed by atoms with E-state index in [1.807, 2.05) is 12.1 Å². The Balaban J connectivity index is 1.49. The lowest BCUT2D eigenvalue weighted by atomic mass is 10.1. The number of benzene rings is 2. The second-order valence-electron chi connectivity index (χ2n) is 6.20. The number of ether oxygens (including phenoxy) is 2. The summed E-state index contributed by atoms with van der Waals surface area (Å²) in [4.78, 5) is 25.4. The Morgan fingerprint density at radius 3 is 2.50 bits per heavy atom. The van der Waals surface area contributed by atoms with E-state index in [1.165, 1.54) is 7.11 Å². The lowest BCUT2D eigenvalue weighted by Crippen LogP contribution is -2.24. The molecule has 3 rings (SSSR count). The van der Waals surface area contributed by atoms with E-state index in [9.17, 15) is 9.59 Å². The van der Waals surface area contributed by atoms with Crippen molar-refractivity contribution < 1.29 is 19.1 Å². The summed E-state index contributed by atoms with van der Waals surface area (Å²) < 4.78 is 10.4. The molecule has 26 heavy (non-hydrogen) atoms. The lowest BCUT2D eigenvalue weighted by molar-refractivity contribution is -0.117. The highest BCUT2D eigenvalue weighted by Crippen LogP contribution is 2.28. The monoisotopic (exact) mass is 373 g/mol. The SMILES string of the molecule is COC(=O)c1ccc(OCCC2CC(=O)N(c3ccc(Cl)cc3)C2)cc1. The average Bonchev–Trinajstić information content (AvgIpc) is 3.03. The van der Waals surface area contributed by atoms with Gasteiger partial charge in [0.15, 0.2) is 0 Å². The molecular formula is C20H20ClNO4. The Morgan fingerprint density at radius 2 is 1.85 bits per heavy atom. The molecule has 0 spiro atoms. The number of esters is 1. The predicted octanol–water partition coefficient (Wildman–Crippen LogP) is 3.95. The van der Waals surface area contributed by atoms with Gasteiger partial charge in [-0.1, -0.05) is 11.6 Å². The van der Waals surface area contributed by atoms with Crippen LogP contribution in [0.4, 0.5) is 5.69 Å². The topological polar surface area (TPSA) is 55.8 Å². The maximum absolute atomic E-state index is 12.2. The van der Waals surface area contributed by atoms with E-state index in [1.54, 1.807) is 41.3 Å². The molecule has 0 N–H and O–H groups in total. The summed E-state index contributed by atoms with van der Waals surface area (Å²) in [5.74, 6) is 0.701. The zero-order valence-electron chi connectivity index (χ0n) is 14.5. The maximum Gasteiger partial charge on any atom is 0.337 e. The summed E-state index contributed by atoms with van der Waals surface area (Å²) in [6.07, 6.45) is 1.31. The van der Waals surface area contributed by atoms with Crippen molar-refractivity contribution in [1.82, 2.24) is 0 Å². The van der Waals surface area contributed by atoms with Crippen molar-refractivity contribution in [2.24, 2.45) is 5.92 Å². The van der Waals surface area contributed by atoms with E-state index in [-0.39, 0.29) is 17.8 Å². The van der Waals surface area contributed by atoms with Crippen molar-refractivity contribution >= 4 is 29.2 Å². The van der Waals surface area contributed by atoms with E-state index in [2.05, 4.69) is 4.74 Å². The van der Waals surface area contributed by atoms with Crippen LogP contribution in [0.1, 0.15) is 23.2 Å². The Morgan fingerprint density at radius 1 is 1.15 bits per heavy atom. The molecule has 0 aromatic heterocycles. The molecule has 1 amide bonds. The Kier molecular flexibility index (Phi) is 5.78. The van der Waals surface area contributed by atoms with Crippen LogP contribution in [-0.2, 0) is 9.53 Å². The van der Waals surface area contributed by atoms with Gasteiger partial charge < -0.3 is 14.4 Å². The Labute approximate surface area is 157 Å². The third-order valence-electron chi connectivity index (χ3n) is 4.41. The van der Waals surface area contributed by atoms with Gasteiger partial charge in [0.25, 0.3) is 0 Å². The van der Waals surface area contributed by atoms with Gasteiger partial charge in [-0.3, -0.25) is 4.79 Å². The van der Waals surface area contributed by atoms with Gasteiger partial charge in [0, 0.05) is 23.7 Å². The van der Waals surface area contributed by atoms with Crippen LogP contribution in [0.3, 0.4) is 0 Å². The molecule has 1 fully saturated rings. The molecular weight excluding hydrogens is 354 g/mol. The van der Waals surface area contributed by atoms with Crippen LogP contribution in [0.5, 0.6) is 5.75 Å².